The van der Waals surface area contributed by atoms with Gasteiger partial charge in [0.1, 0.15) is 18.8 Å². The summed E-state index contributed by atoms with van der Waals surface area (Å²) in [7, 11) is 2.15. The molecule has 0 aliphatic rings. The third-order valence-corrected chi connectivity index (χ3v) is 4.95. The Kier molecular flexibility index (Phi) is 4.40. The Morgan fingerprint density at radius 3 is 2.44 bits per heavy atom. The van der Waals surface area contributed by atoms with Crippen molar-refractivity contribution >= 4 is 11.0 Å². The maximum Gasteiger partial charge on any atom is 0.231 e. The van der Waals surface area contributed by atoms with Crippen LogP contribution in [0.3, 0.4) is 0 Å². The number of fused-ring (bicyclic) bond motifs is 1. The Balaban J connectivity index is 2.23. The smallest absolute Gasteiger partial charge is 0.231 e. The standard InChI is InChI=1S/C23H29N2/c1-15-11-16(2)17(3)19(12-15)21-14-24-22-18(13-23(4,5)6)9-8-10-20(22)25(21)7/h8-12,14H,13H2,1-7H3/q+1. The van der Waals surface area contributed by atoms with Crippen molar-refractivity contribution < 1.29 is 4.57 Å². The van der Waals surface area contributed by atoms with Crippen LogP contribution in [0.15, 0.2) is 36.5 Å². The van der Waals surface area contributed by atoms with Gasteiger partial charge in [-0.15, -0.1) is 0 Å². The first-order valence-electron chi connectivity index (χ1n) is 9.02. The van der Waals surface area contributed by atoms with E-state index in [1.807, 2.05) is 6.20 Å². The van der Waals surface area contributed by atoms with E-state index >= 15 is 0 Å². The summed E-state index contributed by atoms with van der Waals surface area (Å²) in [5.74, 6) is 0. The van der Waals surface area contributed by atoms with Crippen molar-refractivity contribution in [2.24, 2.45) is 12.5 Å². The minimum Gasteiger partial charge on any atom is -0.243 e. The van der Waals surface area contributed by atoms with Crippen LogP contribution in [0.25, 0.3) is 22.3 Å². The zero-order valence-corrected chi connectivity index (χ0v) is 16.6. The van der Waals surface area contributed by atoms with E-state index in [0.29, 0.717) is 0 Å². The van der Waals surface area contributed by atoms with Crippen LogP contribution in [-0.2, 0) is 13.5 Å². The van der Waals surface area contributed by atoms with Crippen molar-refractivity contribution in [1.29, 1.82) is 0 Å². The summed E-state index contributed by atoms with van der Waals surface area (Å²) in [6.07, 6.45) is 3.06. The second kappa shape index (κ2) is 6.25. The van der Waals surface area contributed by atoms with E-state index < -0.39 is 0 Å². The van der Waals surface area contributed by atoms with Gasteiger partial charge in [-0.05, 0) is 55.4 Å². The van der Waals surface area contributed by atoms with E-state index in [4.69, 9.17) is 4.98 Å². The number of hydrogen-bond acceptors (Lipinski definition) is 1. The van der Waals surface area contributed by atoms with Crippen molar-refractivity contribution in [2.75, 3.05) is 0 Å². The maximum atomic E-state index is 4.88. The zero-order chi connectivity index (χ0) is 18.4. The monoisotopic (exact) mass is 333 g/mol. The largest absolute Gasteiger partial charge is 0.243 e. The predicted octanol–water partition coefficient (Wildman–Crippen LogP) is 5.24. The van der Waals surface area contributed by atoms with Crippen molar-refractivity contribution in [3.63, 3.8) is 0 Å². The highest BCUT2D eigenvalue weighted by atomic mass is 15.0. The van der Waals surface area contributed by atoms with E-state index in [1.54, 1.807) is 0 Å². The average Bonchev–Trinajstić information content (AvgIpc) is 2.51. The van der Waals surface area contributed by atoms with Gasteiger partial charge in [0.15, 0.2) is 0 Å². The molecule has 0 spiro atoms. The van der Waals surface area contributed by atoms with Crippen LogP contribution in [0.1, 0.15) is 43.0 Å². The van der Waals surface area contributed by atoms with Crippen molar-refractivity contribution in [3.05, 3.63) is 58.8 Å². The number of hydrogen-bond donors (Lipinski definition) is 0. The van der Waals surface area contributed by atoms with Crippen molar-refractivity contribution in [3.8, 4) is 11.3 Å². The molecule has 1 aromatic heterocycles. The summed E-state index contributed by atoms with van der Waals surface area (Å²) >= 11 is 0. The van der Waals surface area contributed by atoms with E-state index in [2.05, 4.69) is 83.5 Å². The quantitative estimate of drug-likeness (QED) is 0.586. The van der Waals surface area contributed by atoms with Gasteiger partial charge in [0.05, 0.1) is 5.56 Å². The number of rotatable bonds is 2. The first-order chi connectivity index (χ1) is 11.7. The fraction of sp³-hybridized carbons (Fsp3) is 0.391. The summed E-state index contributed by atoms with van der Waals surface area (Å²) in [5, 5.41) is 0. The zero-order valence-electron chi connectivity index (χ0n) is 16.6. The minimum atomic E-state index is 0.247. The Morgan fingerprint density at radius 2 is 1.76 bits per heavy atom. The van der Waals surface area contributed by atoms with Gasteiger partial charge in [-0.25, -0.2) is 4.98 Å². The summed E-state index contributed by atoms with van der Waals surface area (Å²) in [4.78, 5) is 4.88. The fourth-order valence-electron chi connectivity index (χ4n) is 3.61. The molecule has 0 aliphatic heterocycles. The third-order valence-electron chi connectivity index (χ3n) is 4.95. The Hall–Kier alpha value is -2.22. The molecule has 3 rings (SSSR count). The summed E-state index contributed by atoms with van der Waals surface area (Å²) in [5.41, 5.74) is 10.3. The third kappa shape index (κ3) is 3.44. The first kappa shape index (κ1) is 17.6. The SMILES string of the molecule is Cc1cc(C)c(C)c(-c2cnc3c(CC(C)(C)C)cccc3[n+]2C)c1. The van der Waals surface area contributed by atoms with Gasteiger partial charge in [-0.2, -0.15) is 4.57 Å². The Morgan fingerprint density at radius 1 is 1.04 bits per heavy atom. The van der Waals surface area contributed by atoms with Crippen LogP contribution in [0.5, 0.6) is 0 Å². The van der Waals surface area contributed by atoms with Gasteiger partial charge in [0.2, 0.25) is 11.2 Å². The van der Waals surface area contributed by atoms with Gasteiger partial charge in [-0.1, -0.05) is 44.5 Å². The normalized spacial score (nSPS) is 12.0. The molecule has 0 bridgehead atoms. The lowest BCUT2D eigenvalue weighted by molar-refractivity contribution is -0.634. The van der Waals surface area contributed by atoms with Gasteiger partial charge in [0, 0.05) is 6.07 Å². The lowest BCUT2D eigenvalue weighted by Crippen LogP contribution is -2.33. The van der Waals surface area contributed by atoms with E-state index in [0.717, 1.165) is 11.9 Å². The highest BCUT2D eigenvalue weighted by molar-refractivity contribution is 5.77. The highest BCUT2D eigenvalue weighted by Crippen LogP contribution is 2.28. The van der Waals surface area contributed by atoms with Gasteiger partial charge >= 0.3 is 0 Å². The van der Waals surface area contributed by atoms with Crippen LogP contribution in [0.2, 0.25) is 0 Å². The van der Waals surface area contributed by atoms with Crippen LogP contribution in [-0.4, -0.2) is 4.98 Å². The minimum absolute atomic E-state index is 0.247. The molecule has 1 heterocycles. The molecule has 0 fully saturated rings. The molecule has 0 saturated carbocycles. The lowest BCUT2D eigenvalue weighted by atomic mass is 9.87. The van der Waals surface area contributed by atoms with Crippen LogP contribution in [0, 0.1) is 26.2 Å². The molecule has 0 amide bonds. The summed E-state index contributed by atoms with van der Waals surface area (Å²) in [6, 6.07) is 11.1. The molecular weight excluding hydrogens is 304 g/mol. The molecule has 0 unspecified atom stereocenters. The number of para-hydroxylation sites is 1. The summed E-state index contributed by atoms with van der Waals surface area (Å²) < 4.78 is 2.29. The lowest BCUT2D eigenvalue weighted by Gasteiger charge is -2.18. The molecule has 0 N–H and O–H groups in total. The summed E-state index contributed by atoms with van der Waals surface area (Å²) in [6.45, 7) is 13.4. The second-order valence-electron chi connectivity index (χ2n) is 8.48. The topological polar surface area (TPSA) is 16.8 Å². The molecule has 130 valence electrons. The number of aromatic nitrogens is 2. The van der Waals surface area contributed by atoms with Crippen molar-refractivity contribution in [1.82, 2.24) is 4.98 Å². The van der Waals surface area contributed by atoms with Crippen LogP contribution < -0.4 is 4.57 Å². The van der Waals surface area contributed by atoms with Gasteiger partial charge < -0.3 is 0 Å². The molecule has 0 radical (unpaired) electrons. The molecule has 2 aromatic carbocycles. The van der Waals surface area contributed by atoms with Crippen LogP contribution >= 0.6 is 0 Å². The van der Waals surface area contributed by atoms with E-state index in [1.165, 1.54) is 39.0 Å². The maximum absolute atomic E-state index is 4.88. The second-order valence-corrected chi connectivity index (χ2v) is 8.48. The van der Waals surface area contributed by atoms with Crippen molar-refractivity contribution in [2.45, 2.75) is 48.0 Å². The molecular formula is C23H29N2+. The molecule has 0 saturated heterocycles. The predicted molar refractivity (Wildman–Crippen MR) is 106 cm³/mol. The molecule has 2 nitrogen and oxygen atoms in total. The van der Waals surface area contributed by atoms with Crippen LogP contribution in [0.4, 0.5) is 0 Å². The number of benzene rings is 2. The molecule has 0 aliphatic carbocycles. The van der Waals surface area contributed by atoms with Gasteiger partial charge in [-0.3, -0.25) is 0 Å². The molecule has 2 heteroatoms. The fourth-order valence-corrected chi connectivity index (χ4v) is 3.61. The average molecular weight is 333 g/mol. The van der Waals surface area contributed by atoms with E-state index in [-0.39, 0.29) is 5.41 Å². The molecule has 3 aromatic rings. The van der Waals surface area contributed by atoms with E-state index in [9.17, 15) is 0 Å². The number of aryl methyl sites for hydroxylation is 3. The first-order valence-corrected chi connectivity index (χ1v) is 9.02. The molecule has 25 heavy (non-hydrogen) atoms. The highest BCUT2D eigenvalue weighted by Gasteiger charge is 2.21. The molecule has 0 atom stereocenters. The number of nitrogens with zero attached hydrogens (tertiary/aromatic N) is 2. The Labute approximate surface area is 151 Å². The van der Waals surface area contributed by atoms with Gasteiger partial charge in [0.25, 0.3) is 0 Å². The Bertz CT molecular complexity index is 946.